The number of benzene rings is 1. The van der Waals surface area contributed by atoms with Gasteiger partial charge in [-0.2, -0.15) is 0 Å². The summed E-state index contributed by atoms with van der Waals surface area (Å²) >= 11 is 0. The van der Waals surface area contributed by atoms with Crippen molar-refractivity contribution in [2.24, 2.45) is 5.41 Å². The number of aliphatic hydroxyl groups is 1. The summed E-state index contributed by atoms with van der Waals surface area (Å²) in [5.74, 6) is -0.389. The van der Waals surface area contributed by atoms with E-state index in [0.29, 0.717) is 44.3 Å². The first kappa shape index (κ1) is 23.2. The van der Waals surface area contributed by atoms with E-state index in [1.54, 1.807) is 18.7 Å². The Morgan fingerprint density at radius 1 is 1.19 bits per heavy atom. The van der Waals surface area contributed by atoms with Crippen LogP contribution in [0.3, 0.4) is 0 Å². The van der Waals surface area contributed by atoms with E-state index in [0.717, 1.165) is 0 Å². The summed E-state index contributed by atoms with van der Waals surface area (Å²) in [6, 6.07) is 5.27. The lowest BCUT2D eigenvalue weighted by Gasteiger charge is -2.35. The van der Waals surface area contributed by atoms with Crippen LogP contribution in [0.1, 0.15) is 46.0 Å². The van der Waals surface area contributed by atoms with Crippen LogP contribution in [0, 0.1) is 5.41 Å². The van der Waals surface area contributed by atoms with Gasteiger partial charge < -0.3 is 24.8 Å². The lowest BCUT2D eigenvalue weighted by atomic mass is 9.72. The molecule has 1 aliphatic heterocycles. The minimum atomic E-state index is -4.76. The van der Waals surface area contributed by atoms with Crippen molar-refractivity contribution < 1.29 is 37.3 Å². The third-order valence-corrected chi connectivity index (χ3v) is 5.72. The van der Waals surface area contributed by atoms with Crippen LogP contribution in [-0.4, -0.2) is 48.3 Å². The monoisotopic (exact) mass is 444 g/mol. The third kappa shape index (κ3) is 6.03. The summed E-state index contributed by atoms with van der Waals surface area (Å²) in [7, 11) is 0. The largest absolute Gasteiger partial charge is 0.573 e. The van der Waals surface area contributed by atoms with Gasteiger partial charge in [-0.3, -0.25) is 4.79 Å². The van der Waals surface area contributed by atoms with E-state index >= 15 is 0 Å². The quantitative estimate of drug-likeness (QED) is 0.722. The number of alkyl carbamates (subject to hydrolysis) is 1. The number of alkyl halides is 3. The number of hydrogen-bond donors (Lipinski definition) is 2. The summed E-state index contributed by atoms with van der Waals surface area (Å²) in [5, 5.41) is 12.2. The minimum absolute atomic E-state index is 0.0538. The lowest BCUT2D eigenvalue weighted by molar-refractivity contribution is -0.274. The van der Waals surface area contributed by atoms with Crippen molar-refractivity contribution >= 4 is 17.7 Å². The number of hydrogen-bond acceptors (Lipinski definition) is 5. The fourth-order valence-corrected chi connectivity index (χ4v) is 4.10. The van der Waals surface area contributed by atoms with Gasteiger partial charge in [0.25, 0.3) is 0 Å². The Balaban J connectivity index is 1.54. The molecular formula is C21H27F3N2O5. The normalized spacial score (nSPS) is 24.4. The Morgan fingerprint density at radius 2 is 1.81 bits per heavy atom. The SMILES string of the molecule is CC(C)(O)CNC(=O)O[C@H]1CC[C@@]2(CCN(c3ccc(OC(F)(F)F)cc3)C2=O)CC1. The number of amides is 2. The van der Waals surface area contributed by atoms with E-state index in [4.69, 9.17) is 4.74 Å². The number of halogens is 3. The second-order valence-electron chi connectivity index (χ2n) is 8.80. The first-order valence-corrected chi connectivity index (χ1v) is 10.2. The Kier molecular flexibility index (Phi) is 6.40. The van der Waals surface area contributed by atoms with Crippen LogP contribution in [0.25, 0.3) is 0 Å². The summed E-state index contributed by atoms with van der Waals surface area (Å²) in [6.45, 7) is 3.70. The third-order valence-electron chi connectivity index (χ3n) is 5.72. The van der Waals surface area contributed by atoms with Gasteiger partial charge >= 0.3 is 12.5 Å². The fraction of sp³-hybridized carbons (Fsp3) is 0.619. The van der Waals surface area contributed by atoms with Crippen molar-refractivity contribution in [2.45, 2.75) is 64.0 Å². The summed E-state index contributed by atoms with van der Waals surface area (Å²) < 4.78 is 46.2. The van der Waals surface area contributed by atoms with Crippen LogP contribution < -0.4 is 15.0 Å². The lowest BCUT2D eigenvalue weighted by Crippen LogP contribution is -2.42. The van der Waals surface area contributed by atoms with E-state index in [1.807, 2.05) is 0 Å². The van der Waals surface area contributed by atoms with Crippen molar-refractivity contribution in [1.29, 1.82) is 0 Å². The molecule has 172 valence electrons. The topological polar surface area (TPSA) is 88.1 Å². The molecule has 3 rings (SSSR count). The highest BCUT2D eigenvalue weighted by Crippen LogP contribution is 2.46. The molecule has 0 aromatic heterocycles. The number of carbonyl (C=O) groups excluding carboxylic acids is 2. The Bertz CT molecular complexity index is 797. The average Bonchev–Trinajstić information content (AvgIpc) is 2.97. The predicted molar refractivity (Wildman–Crippen MR) is 106 cm³/mol. The fourth-order valence-electron chi connectivity index (χ4n) is 4.10. The van der Waals surface area contributed by atoms with E-state index < -0.39 is 23.5 Å². The molecule has 2 N–H and O–H groups in total. The van der Waals surface area contributed by atoms with Gasteiger partial charge in [-0.05, 0) is 70.2 Å². The van der Waals surface area contributed by atoms with E-state index in [2.05, 4.69) is 10.1 Å². The molecule has 2 amide bonds. The van der Waals surface area contributed by atoms with Crippen LogP contribution in [0.5, 0.6) is 5.75 Å². The molecular weight excluding hydrogens is 417 g/mol. The van der Waals surface area contributed by atoms with Crippen molar-refractivity contribution in [2.75, 3.05) is 18.0 Å². The van der Waals surface area contributed by atoms with Gasteiger partial charge in [-0.25, -0.2) is 4.79 Å². The predicted octanol–water partition coefficient (Wildman–Crippen LogP) is 3.75. The zero-order valence-electron chi connectivity index (χ0n) is 17.5. The van der Waals surface area contributed by atoms with Gasteiger partial charge in [0.05, 0.1) is 11.0 Å². The molecule has 1 saturated carbocycles. The number of ether oxygens (including phenoxy) is 2. The van der Waals surface area contributed by atoms with Gasteiger partial charge in [0, 0.05) is 18.8 Å². The van der Waals surface area contributed by atoms with Crippen LogP contribution >= 0.6 is 0 Å². The standard InChI is InChI=1S/C21H27F3N2O5/c1-19(2,29)13-25-18(28)30-15-7-9-20(10-8-15)11-12-26(17(20)27)14-3-5-16(6-4-14)31-21(22,23)24/h3-6,15,29H,7-13H2,1-2H3,(H,25,28)/t15-,20-. The number of rotatable bonds is 5. The molecule has 1 spiro atoms. The molecule has 0 unspecified atom stereocenters. The molecule has 1 aromatic carbocycles. The molecule has 0 atom stereocenters. The smallest absolute Gasteiger partial charge is 0.446 e. The first-order chi connectivity index (χ1) is 14.4. The highest BCUT2D eigenvalue weighted by Gasteiger charge is 2.49. The average molecular weight is 444 g/mol. The Hall–Kier alpha value is -2.49. The van der Waals surface area contributed by atoms with Crippen molar-refractivity contribution in [3.8, 4) is 5.75 Å². The zero-order valence-corrected chi connectivity index (χ0v) is 17.5. The maximum Gasteiger partial charge on any atom is 0.573 e. The van der Waals surface area contributed by atoms with Gasteiger partial charge in [0.1, 0.15) is 11.9 Å². The molecule has 2 aliphatic rings. The second-order valence-corrected chi connectivity index (χ2v) is 8.80. The highest BCUT2D eigenvalue weighted by molar-refractivity contribution is 6.00. The van der Waals surface area contributed by atoms with Crippen molar-refractivity contribution in [3.05, 3.63) is 24.3 Å². The van der Waals surface area contributed by atoms with E-state index in [1.165, 1.54) is 24.3 Å². The van der Waals surface area contributed by atoms with Crippen molar-refractivity contribution in [3.63, 3.8) is 0 Å². The van der Waals surface area contributed by atoms with Gasteiger partial charge in [-0.15, -0.1) is 13.2 Å². The molecule has 7 nitrogen and oxygen atoms in total. The second kappa shape index (κ2) is 8.57. The molecule has 1 saturated heterocycles. The molecule has 2 fully saturated rings. The Labute approximate surface area is 178 Å². The molecule has 1 aromatic rings. The molecule has 1 heterocycles. The van der Waals surface area contributed by atoms with Crippen LogP contribution in [0.2, 0.25) is 0 Å². The van der Waals surface area contributed by atoms with Crippen LogP contribution in [0.4, 0.5) is 23.7 Å². The molecule has 1 aliphatic carbocycles. The number of nitrogens with one attached hydrogen (secondary N) is 1. The zero-order chi connectivity index (χ0) is 22.9. The molecule has 0 bridgehead atoms. The number of carbonyl (C=O) groups is 2. The van der Waals surface area contributed by atoms with Gasteiger partial charge in [0.2, 0.25) is 5.91 Å². The number of nitrogens with zero attached hydrogens (tertiary/aromatic N) is 1. The summed E-state index contributed by atoms with van der Waals surface area (Å²) in [4.78, 5) is 26.6. The first-order valence-electron chi connectivity index (χ1n) is 10.2. The van der Waals surface area contributed by atoms with E-state index in [-0.39, 0.29) is 24.3 Å². The number of anilines is 1. The Morgan fingerprint density at radius 3 is 2.35 bits per heavy atom. The summed E-state index contributed by atoms with van der Waals surface area (Å²) in [5.41, 5.74) is -1.04. The molecule has 10 heteroatoms. The molecule has 0 radical (unpaired) electrons. The van der Waals surface area contributed by atoms with E-state index in [9.17, 15) is 27.9 Å². The van der Waals surface area contributed by atoms with Crippen molar-refractivity contribution in [1.82, 2.24) is 5.32 Å². The van der Waals surface area contributed by atoms with Gasteiger partial charge in [0.15, 0.2) is 0 Å². The van der Waals surface area contributed by atoms with Crippen LogP contribution in [-0.2, 0) is 9.53 Å². The molecule has 31 heavy (non-hydrogen) atoms. The minimum Gasteiger partial charge on any atom is -0.446 e. The highest BCUT2D eigenvalue weighted by atomic mass is 19.4. The van der Waals surface area contributed by atoms with Crippen LogP contribution in [0.15, 0.2) is 24.3 Å². The maximum atomic E-state index is 13.1. The van der Waals surface area contributed by atoms with Gasteiger partial charge in [-0.1, -0.05) is 0 Å². The summed E-state index contributed by atoms with van der Waals surface area (Å²) in [6.07, 6.45) is -2.77. The maximum absolute atomic E-state index is 13.1.